The van der Waals surface area contributed by atoms with Crippen LogP contribution in [0.1, 0.15) is 11.1 Å². The van der Waals surface area contributed by atoms with Crippen molar-refractivity contribution in [3.05, 3.63) is 72.8 Å². The summed E-state index contributed by atoms with van der Waals surface area (Å²) in [6, 6.07) is 15.5. The van der Waals surface area contributed by atoms with E-state index in [0.29, 0.717) is 0 Å². The van der Waals surface area contributed by atoms with Crippen molar-refractivity contribution in [2.24, 2.45) is 10.2 Å². The predicted octanol–water partition coefficient (Wildman–Crippen LogP) is 5.39. The van der Waals surface area contributed by atoms with Crippen molar-refractivity contribution in [2.75, 3.05) is 0 Å². The third-order valence-electron chi connectivity index (χ3n) is 2.54. The molecular formula is C16H14N2. The van der Waals surface area contributed by atoms with Crippen LogP contribution in [-0.2, 0) is 0 Å². The molecule has 0 N–H and O–H groups in total. The van der Waals surface area contributed by atoms with E-state index < -0.39 is 0 Å². The second-order valence-electron chi connectivity index (χ2n) is 3.79. The minimum Gasteiger partial charge on any atom is -0.151 e. The van der Waals surface area contributed by atoms with E-state index in [0.717, 1.165) is 22.5 Å². The van der Waals surface area contributed by atoms with Crippen LogP contribution in [0.4, 0.5) is 11.4 Å². The Hall–Kier alpha value is -2.48. The molecule has 0 unspecified atom stereocenters. The van der Waals surface area contributed by atoms with Gasteiger partial charge in [-0.1, -0.05) is 49.6 Å². The minimum atomic E-state index is 0.827. The molecule has 0 aromatic heterocycles. The molecule has 2 rings (SSSR count). The molecular weight excluding hydrogens is 220 g/mol. The first kappa shape index (κ1) is 12.0. The highest BCUT2D eigenvalue weighted by Crippen LogP contribution is 2.19. The van der Waals surface area contributed by atoms with Crippen LogP contribution in [-0.4, -0.2) is 0 Å². The number of rotatable bonds is 4. The molecule has 0 aliphatic heterocycles. The van der Waals surface area contributed by atoms with Gasteiger partial charge in [0.1, 0.15) is 0 Å². The van der Waals surface area contributed by atoms with Crippen LogP contribution in [0.5, 0.6) is 0 Å². The average molecular weight is 234 g/mol. The Morgan fingerprint density at radius 1 is 0.611 bits per heavy atom. The second kappa shape index (κ2) is 5.73. The van der Waals surface area contributed by atoms with Crippen molar-refractivity contribution in [3.63, 3.8) is 0 Å². The normalized spacial score (nSPS) is 10.4. The average Bonchev–Trinajstić information content (AvgIpc) is 2.46. The number of benzene rings is 2. The molecule has 2 nitrogen and oxygen atoms in total. The molecule has 18 heavy (non-hydrogen) atoms. The van der Waals surface area contributed by atoms with E-state index >= 15 is 0 Å². The number of hydrogen-bond acceptors (Lipinski definition) is 2. The highest BCUT2D eigenvalue weighted by atomic mass is 15.1. The van der Waals surface area contributed by atoms with Gasteiger partial charge in [0.2, 0.25) is 0 Å². The summed E-state index contributed by atoms with van der Waals surface area (Å²) in [5.74, 6) is 0. The molecule has 2 aromatic carbocycles. The van der Waals surface area contributed by atoms with E-state index in [1.165, 1.54) is 0 Å². The van der Waals surface area contributed by atoms with E-state index in [2.05, 4.69) is 23.4 Å². The molecule has 0 saturated heterocycles. The Balaban J connectivity index is 2.13. The first-order valence-electron chi connectivity index (χ1n) is 5.68. The molecule has 0 aliphatic rings. The van der Waals surface area contributed by atoms with E-state index in [4.69, 9.17) is 0 Å². The van der Waals surface area contributed by atoms with Crippen LogP contribution >= 0.6 is 0 Å². The Labute approximate surface area is 107 Å². The molecule has 2 heteroatoms. The van der Waals surface area contributed by atoms with E-state index in [-0.39, 0.29) is 0 Å². The summed E-state index contributed by atoms with van der Waals surface area (Å²) in [6.45, 7) is 7.42. The summed E-state index contributed by atoms with van der Waals surface area (Å²) in [5, 5.41) is 8.34. The molecule has 0 amide bonds. The van der Waals surface area contributed by atoms with E-state index in [9.17, 15) is 0 Å². The lowest BCUT2D eigenvalue weighted by Crippen LogP contribution is -1.70. The van der Waals surface area contributed by atoms with Gasteiger partial charge in [0.15, 0.2) is 0 Å². The van der Waals surface area contributed by atoms with Gasteiger partial charge in [-0.2, -0.15) is 10.2 Å². The van der Waals surface area contributed by atoms with Gasteiger partial charge in [0, 0.05) is 0 Å². The summed E-state index contributed by atoms with van der Waals surface area (Å²) in [5.41, 5.74) is 3.80. The molecule has 2 aromatic rings. The zero-order valence-electron chi connectivity index (χ0n) is 10.1. The Bertz CT molecular complexity index is 510. The van der Waals surface area contributed by atoms with Gasteiger partial charge in [-0.05, 0) is 35.4 Å². The van der Waals surface area contributed by atoms with Crippen molar-refractivity contribution in [3.8, 4) is 0 Å². The van der Waals surface area contributed by atoms with Crippen LogP contribution in [0.25, 0.3) is 12.2 Å². The van der Waals surface area contributed by atoms with Crippen molar-refractivity contribution in [1.82, 2.24) is 0 Å². The minimum absolute atomic E-state index is 0.827. The van der Waals surface area contributed by atoms with Gasteiger partial charge in [0.05, 0.1) is 11.4 Å². The maximum absolute atomic E-state index is 4.17. The van der Waals surface area contributed by atoms with Crippen LogP contribution in [0, 0.1) is 0 Å². The lowest BCUT2D eigenvalue weighted by molar-refractivity contribution is 1.23. The Morgan fingerprint density at radius 2 is 0.944 bits per heavy atom. The van der Waals surface area contributed by atoms with Crippen LogP contribution in [0.3, 0.4) is 0 Å². The summed E-state index contributed by atoms with van der Waals surface area (Å²) >= 11 is 0. The number of azo groups is 1. The zero-order valence-corrected chi connectivity index (χ0v) is 10.1. The standard InChI is InChI=1S/C16H14N2/c1-3-13-5-9-15(10-6-13)17-18-16-11-7-14(4-2)8-12-16/h3-12H,1-2H2/b18-17+. The highest BCUT2D eigenvalue weighted by molar-refractivity contribution is 5.53. The van der Waals surface area contributed by atoms with E-state index in [1.54, 1.807) is 12.2 Å². The largest absolute Gasteiger partial charge is 0.151 e. The van der Waals surface area contributed by atoms with E-state index in [1.807, 2.05) is 48.5 Å². The quantitative estimate of drug-likeness (QED) is 0.634. The number of nitrogens with zero attached hydrogens (tertiary/aromatic N) is 2. The van der Waals surface area contributed by atoms with Gasteiger partial charge in [0.25, 0.3) is 0 Å². The lowest BCUT2D eigenvalue weighted by atomic mass is 10.2. The first-order chi connectivity index (χ1) is 8.81. The fraction of sp³-hybridized carbons (Fsp3) is 0. The molecule has 0 heterocycles. The molecule has 0 spiro atoms. The van der Waals surface area contributed by atoms with Gasteiger partial charge < -0.3 is 0 Å². The first-order valence-corrected chi connectivity index (χ1v) is 5.68. The summed E-state index contributed by atoms with van der Waals surface area (Å²) in [7, 11) is 0. The van der Waals surface area contributed by atoms with Gasteiger partial charge in [-0.25, -0.2) is 0 Å². The Morgan fingerprint density at radius 3 is 1.22 bits per heavy atom. The van der Waals surface area contributed by atoms with Crippen molar-refractivity contribution >= 4 is 23.5 Å². The SMILES string of the molecule is C=Cc1ccc(/N=N/c2ccc(C=C)cc2)cc1. The third kappa shape index (κ3) is 3.01. The maximum Gasteiger partial charge on any atom is 0.0857 e. The lowest BCUT2D eigenvalue weighted by Gasteiger charge is -1.96. The van der Waals surface area contributed by atoms with Crippen molar-refractivity contribution in [1.29, 1.82) is 0 Å². The van der Waals surface area contributed by atoms with Crippen LogP contribution in [0.2, 0.25) is 0 Å². The molecule has 0 fully saturated rings. The fourth-order valence-electron chi connectivity index (χ4n) is 1.47. The fourth-order valence-corrected chi connectivity index (χ4v) is 1.47. The van der Waals surface area contributed by atoms with Gasteiger partial charge in [-0.3, -0.25) is 0 Å². The second-order valence-corrected chi connectivity index (χ2v) is 3.79. The van der Waals surface area contributed by atoms with Gasteiger partial charge >= 0.3 is 0 Å². The molecule has 88 valence electrons. The van der Waals surface area contributed by atoms with Crippen molar-refractivity contribution < 1.29 is 0 Å². The molecule has 0 radical (unpaired) electrons. The van der Waals surface area contributed by atoms with Crippen LogP contribution in [0.15, 0.2) is 71.9 Å². The molecule has 0 atom stereocenters. The smallest absolute Gasteiger partial charge is 0.0857 e. The molecule has 0 aliphatic carbocycles. The van der Waals surface area contributed by atoms with Gasteiger partial charge in [-0.15, -0.1) is 0 Å². The van der Waals surface area contributed by atoms with Crippen LogP contribution < -0.4 is 0 Å². The topological polar surface area (TPSA) is 24.7 Å². The van der Waals surface area contributed by atoms with Crippen molar-refractivity contribution in [2.45, 2.75) is 0 Å². The molecule has 0 bridgehead atoms. The highest BCUT2D eigenvalue weighted by Gasteiger charge is 1.91. The predicted molar refractivity (Wildman–Crippen MR) is 77.2 cm³/mol. The Kier molecular flexibility index (Phi) is 3.82. The zero-order chi connectivity index (χ0) is 12.8. The summed E-state index contributed by atoms with van der Waals surface area (Å²) < 4.78 is 0. The molecule has 0 saturated carbocycles. The maximum atomic E-state index is 4.17. The monoisotopic (exact) mass is 234 g/mol. The summed E-state index contributed by atoms with van der Waals surface area (Å²) in [6.07, 6.45) is 3.60. The number of hydrogen-bond donors (Lipinski definition) is 0. The third-order valence-corrected chi connectivity index (χ3v) is 2.54. The summed E-state index contributed by atoms with van der Waals surface area (Å²) in [4.78, 5) is 0.